The Labute approximate surface area is 49.4 Å². The first-order valence-electron chi connectivity index (χ1n) is 2.90. The van der Waals surface area contributed by atoms with Crippen molar-refractivity contribution < 1.29 is 4.74 Å². The minimum atomic E-state index is 0.226. The standard InChI is InChI=1S/C5H12N2O/c1-8-5-4-6-2-3-7-5/h5-7H,2-4H2,1H3/t5-/m1/s1. The molecule has 3 nitrogen and oxygen atoms in total. The lowest BCUT2D eigenvalue weighted by atomic mass is 10.4. The van der Waals surface area contributed by atoms with Crippen LogP contribution in [0.4, 0.5) is 0 Å². The van der Waals surface area contributed by atoms with Gasteiger partial charge in [-0.2, -0.15) is 0 Å². The topological polar surface area (TPSA) is 33.3 Å². The summed E-state index contributed by atoms with van der Waals surface area (Å²) in [6.07, 6.45) is 0.226. The molecule has 0 bridgehead atoms. The highest BCUT2D eigenvalue weighted by atomic mass is 16.5. The molecule has 0 unspecified atom stereocenters. The predicted molar refractivity (Wildman–Crippen MR) is 31.7 cm³/mol. The van der Waals surface area contributed by atoms with Gasteiger partial charge in [-0.25, -0.2) is 0 Å². The normalized spacial score (nSPS) is 30.4. The Morgan fingerprint density at radius 2 is 2.38 bits per heavy atom. The zero-order valence-corrected chi connectivity index (χ0v) is 5.11. The van der Waals surface area contributed by atoms with Gasteiger partial charge >= 0.3 is 0 Å². The van der Waals surface area contributed by atoms with Gasteiger partial charge in [0, 0.05) is 26.7 Å². The van der Waals surface area contributed by atoms with Crippen LogP contribution in [0.25, 0.3) is 0 Å². The maximum absolute atomic E-state index is 5.02. The molecule has 0 aromatic rings. The summed E-state index contributed by atoms with van der Waals surface area (Å²) in [6.45, 7) is 2.99. The van der Waals surface area contributed by atoms with Crippen LogP contribution in [0.5, 0.6) is 0 Å². The van der Waals surface area contributed by atoms with Gasteiger partial charge in [0.1, 0.15) is 6.23 Å². The Hall–Kier alpha value is -0.120. The van der Waals surface area contributed by atoms with E-state index >= 15 is 0 Å². The van der Waals surface area contributed by atoms with Gasteiger partial charge in [0.15, 0.2) is 0 Å². The fourth-order valence-electron chi connectivity index (χ4n) is 0.794. The molecule has 3 heteroatoms. The van der Waals surface area contributed by atoms with Crippen LogP contribution < -0.4 is 10.6 Å². The van der Waals surface area contributed by atoms with Gasteiger partial charge in [-0.15, -0.1) is 0 Å². The van der Waals surface area contributed by atoms with Gasteiger partial charge < -0.3 is 10.1 Å². The van der Waals surface area contributed by atoms with Crippen molar-refractivity contribution in [2.75, 3.05) is 26.7 Å². The first-order valence-corrected chi connectivity index (χ1v) is 2.90. The smallest absolute Gasteiger partial charge is 0.120 e. The van der Waals surface area contributed by atoms with Gasteiger partial charge in [0.2, 0.25) is 0 Å². The molecule has 0 radical (unpaired) electrons. The summed E-state index contributed by atoms with van der Waals surface area (Å²) in [4.78, 5) is 0. The molecule has 0 aliphatic carbocycles. The zero-order chi connectivity index (χ0) is 5.82. The average Bonchev–Trinajstić information content (AvgIpc) is 1.90. The highest BCUT2D eigenvalue weighted by Gasteiger charge is 2.08. The fraction of sp³-hybridized carbons (Fsp3) is 1.00. The quantitative estimate of drug-likeness (QED) is 0.468. The summed E-state index contributed by atoms with van der Waals surface area (Å²) in [5.74, 6) is 0. The van der Waals surface area contributed by atoms with Crippen LogP contribution in [0.1, 0.15) is 0 Å². The van der Waals surface area contributed by atoms with Gasteiger partial charge in [0.25, 0.3) is 0 Å². The van der Waals surface area contributed by atoms with E-state index in [4.69, 9.17) is 4.74 Å². The lowest BCUT2D eigenvalue weighted by Gasteiger charge is -2.22. The maximum Gasteiger partial charge on any atom is 0.120 e. The molecule has 1 atom stereocenters. The van der Waals surface area contributed by atoms with Crippen LogP contribution in [-0.4, -0.2) is 33.0 Å². The number of hydrogen-bond acceptors (Lipinski definition) is 3. The van der Waals surface area contributed by atoms with Crippen molar-refractivity contribution in [1.29, 1.82) is 0 Å². The highest BCUT2D eigenvalue weighted by Crippen LogP contribution is 1.84. The molecule has 0 amide bonds. The van der Waals surface area contributed by atoms with E-state index in [1.54, 1.807) is 7.11 Å². The van der Waals surface area contributed by atoms with Crippen molar-refractivity contribution >= 4 is 0 Å². The van der Waals surface area contributed by atoms with E-state index in [-0.39, 0.29) is 6.23 Å². The van der Waals surface area contributed by atoms with E-state index in [2.05, 4.69) is 10.6 Å². The third-order valence-corrected chi connectivity index (χ3v) is 1.29. The van der Waals surface area contributed by atoms with Crippen LogP contribution in [-0.2, 0) is 4.74 Å². The maximum atomic E-state index is 5.02. The minimum Gasteiger partial charge on any atom is -0.365 e. The fourth-order valence-corrected chi connectivity index (χ4v) is 0.794. The number of piperazine rings is 1. The predicted octanol–water partition coefficient (Wildman–Crippen LogP) is -0.848. The molecule has 2 N–H and O–H groups in total. The van der Waals surface area contributed by atoms with Gasteiger partial charge in [-0.05, 0) is 0 Å². The SMILES string of the molecule is CO[C@@H]1CNCCN1. The minimum absolute atomic E-state index is 0.226. The van der Waals surface area contributed by atoms with Crippen LogP contribution in [0.15, 0.2) is 0 Å². The second kappa shape index (κ2) is 3.02. The second-order valence-electron chi connectivity index (χ2n) is 1.88. The number of hydrogen-bond donors (Lipinski definition) is 2. The molecule has 8 heavy (non-hydrogen) atoms. The van der Waals surface area contributed by atoms with Crippen molar-refractivity contribution in [2.24, 2.45) is 0 Å². The Balaban J connectivity index is 2.13. The molecule has 1 saturated heterocycles. The number of methoxy groups -OCH3 is 1. The molecule has 48 valence electrons. The third-order valence-electron chi connectivity index (χ3n) is 1.29. The largest absolute Gasteiger partial charge is 0.365 e. The molecule has 0 aromatic heterocycles. The summed E-state index contributed by atoms with van der Waals surface area (Å²) >= 11 is 0. The third kappa shape index (κ3) is 1.43. The number of rotatable bonds is 1. The van der Waals surface area contributed by atoms with E-state index in [1.165, 1.54) is 0 Å². The lowest BCUT2D eigenvalue weighted by molar-refractivity contribution is 0.0625. The van der Waals surface area contributed by atoms with E-state index in [9.17, 15) is 0 Å². The zero-order valence-electron chi connectivity index (χ0n) is 5.11. The molecule has 1 aliphatic heterocycles. The van der Waals surface area contributed by atoms with Crippen molar-refractivity contribution in [3.63, 3.8) is 0 Å². The summed E-state index contributed by atoms with van der Waals surface area (Å²) in [5, 5.41) is 6.38. The summed E-state index contributed by atoms with van der Waals surface area (Å²) < 4.78 is 5.02. The van der Waals surface area contributed by atoms with Gasteiger partial charge in [0.05, 0.1) is 0 Å². The van der Waals surface area contributed by atoms with Crippen LogP contribution in [0.3, 0.4) is 0 Å². The first-order chi connectivity index (χ1) is 3.93. The molecule has 1 rings (SSSR count). The van der Waals surface area contributed by atoms with Crippen LogP contribution in [0, 0.1) is 0 Å². The highest BCUT2D eigenvalue weighted by molar-refractivity contribution is 4.65. The summed E-state index contributed by atoms with van der Waals surface area (Å²) in [7, 11) is 1.71. The molecule has 1 fully saturated rings. The van der Waals surface area contributed by atoms with E-state index in [0.29, 0.717) is 0 Å². The first kappa shape index (κ1) is 6.01. The van der Waals surface area contributed by atoms with Gasteiger partial charge in [-0.1, -0.05) is 0 Å². The molecule has 1 heterocycles. The number of nitrogens with one attached hydrogen (secondary N) is 2. The Morgan fingerprint density at radius 1 is 1.50 bits per heavy atom. The average molecular weight is 116 g/mol. The summed E-state index contributed by atoms with van der Waals surface area (Å²) in [5.41, 5.74) is 0. The van der Waals surface area contributed by atoms with E-state index < -0.39 is 0 Å². The van der Waals surface area contributed by atoms with Crippen LogP contribution >= 0.6 is 0 Å². The Morgan fingerprint density at radius 3 is 2.75 bits per heavy atom. The molecule has 0 aromatic carbocycles. The Kier molecular flexibility index (Phi) is 2.27. The van der Waals surface area contributed by atoms with Crippen molar-refractivity contribution in [2.45, 2.75) is 6.23 Å². The molecule has 0 saturated carbocycles. The molecular weight excluding hydrogens is 104 g/mol. The number of ether oxygens (including phenoxy) is 1. The lowest BCUT2D eigenvalue weighted by Crippen LogP contribution is -2.49. The summed E-state index contributed by atoms with van der Waals surface area (Å²) in [6, 6.07) is 0. The van der Waals surface area contributed by atoms with Crippen molar-refractivity contribution in [3.8, 4) is 0 Å². The van der Waals surface area contributed by atoms with Crippen LogP contribution in [0.2, 0.25) is 0 Å². The van der Waals surface area contributed by atoms with Crippen molar-refractivity contribution in [1.82, 2.24) is 10.6 Å². The van der Waals surface area contributed by atoms with Crippen molar-refractivity contribution in [3.05, 3.63) is 0 Å². The monoisotopic (exact) mass is 116 g/mol. The Bertz CT molecular complexity index is 61.4. The van der Waals surface area contributed by atoms with Gasteiger partial charge in [-0.3, -0.25) is 5.32 Å². The molecule has 1 aliphatic rings. The van der Waals surface area contributed by atoms with E-state index in [1.807, 2.05) is 0 Å². The second-order valence-corrected chi connectivity index (χ2v) is 1.88. The molecular formula is C5H12N2O. The molecule has 0 spiro atoms. The van der Waals surface area contributed by atoms with E-state index in [0.717, 1.165) is 19.6 Å².